The first-order valence-corrected chi connectivity index (χ1v) is 5.21. The number of benzene rings is 1. The lowest BCUT2D eigenvalue weighted by Gasteiger charge is -2.18. The van der Waals surface area contributed by atoms with Crippen LogP contribution in [0.2, 0.25) is 0 Å². The van der Waals surface area contributed by atoms with Crippen LogP contribution < -0.4 is 4.90 Å². The van der Waals surface area contributed by atoms with Crippen molar-refractivity contribution in [1.82, 2.24) is 0 Å². The molecule has 0 bridgehead atoms. The monoisotopic (exact) mass is 207 g/mol. The van der Waals surface area contributed by atoms with Gasteiger partial charge in [-0.3, -0.25) is 0 Å². The topological polar surface area (TPSA) is 40.5 Å². The summed E-state index contributed by atoms with van der Waals surface area (Å²) in [6.45, 7) is 0. The van der Waals surface area contributed by atoms with Crippen molar-refractivity contribution in [2.24, 2.45) is 0 Å². The van der Waals surface area contributed by atoms with Gasteiger partial charge in [-0.2, -0.15) is 0 Å². The lowest BCUT2D eigenvalue weighted by molar-refractivity contribution is -0.132. The molecule has 0 amide bonds. The molecule has 2 rings (SSSR count). The van der Waals surface area contributed by atoms with Crippen LogP contribution in [0.3, 0.4) is 0 Å². The van der Waals surface area contributed by atoms with E-state index in [9.17, 15) is 4.79 Å². The Morgan fingerprint density at radius 3 is 2.71 bits per heavy atom. The van der Waals surface area contributed by atoms with Gasteiger partial charge in [0.25, 0.3) is 0 Å². The fourth-order valence-corrected chi connectivity index (χ4v) is 2.21. The van der Waals surface area contributed by atoms with E-state index in [1.165, 1.54) is 11.8 Å². The SMILES string of the molecule is O=C(O)C1=CSCN1c1ccccc1. The van der Waals surface area contributed by atoms with Crippen molar-refractivity contribution in [3.8, 4) is 0 Å². The van der Waals surface area contributed by atoms with Gasteiger partial charge in [0, 0.05) is 11.1 Å². The number of nitrogens with zero attached hydrogens (tertiary/aromatic N) is 1. The summed E-state index contributed by atoms with van der Waals surface area (Å²) in [5, 5.41) is 10.6. The summed E-state index contributed by atoms with van der Waals surface area (Å²) in [7, 11) is 0. The molecule has 0 saturated carbocycles. The molecule has 0 aliphatic carbocycles. The smallest absolute Gasteiger partial charge is 0.353 e. The van der Waals surface area contributed by atoms with Gasteiger partial charge in [-0.25, -0.2) is 4.79 Å². The van der Waals surface area contributed by atoms with Gasteiger partial charge < -0.3 is 10.0 Å². The molecule has 1 heterocycles. The Bertz CT molecular complexity index is 375. The second-order valence-corrected chi connectivity index (χ2v) is 3.69. The van der Waals surface area contributed by atoms with Crippen molar-refractivity contribution in [3.63, 3.8) is 0 Å². The minimum absolute atomic E-state index is 0.348. The van der Waals surface area contributed by atoms with Gasteiger partial charge in [0.1, 0.15) is 5.70 Å². The normalized spacial score (nSPS) is 15.4. The maximum Gasteiger partial charge on any atom is 0.353 e. The third-order valence-corrected chi connectivity index (χ3v) is 2.77. The molecule has 1 aliphatic rings. The van der Waals surface area contributed by atoms with Gasteiger partial charge in [-0.05, 0) is 12.1 Å². The summed E-state index contributed by atoms with van der Waals surface area (Å²) in [4.78, 5) is 12.6. The molecule has 14 heavy (non-hydrogen) atoms. The average molecular weight is 207 g/mol. The summed E-state index contributed by atoms with van der Waals surface area (Å²) in [5.41, 5.74) is 1.27. The maximum absolute atomic E-state index is 10.9. The van der Waals surface area contributed by atoms with E-state index in [4.69, 9.17) is 5.11 Å². The molecule has 0 unspecified atom stereocenters. The van der Waals surface area contributed by atoms with Crippen LogP contribution in [0.4, 0.5) is 5.69 Å². The molecule has 1 aromatic carbocycles. The van der Waals surface area contributed by atoms with E-state index < -0.39 is 5.97 Å². The van der Waals surface area contributed by atoms with Crippen molar-refractivity contribution in [3.05, 3.63) is 41.4 Å². The van der Waals surface area contributed by atoms with Gasteiger partial charge in [-0.1, -0.05) is 18.2 Å². The summed E-state index contributed by atoms with van der Waals surface area (Å²) >= 11 is 1.50. The number of anilines is 1. The van der Waals surface area contributed by atoms with Crippen LogP contribution in [0, 0.1) is 0 Å². The minimum atomic E-state index is -0.876. The highest BCUT2D eigenvalue weighted by atomic mass is 32.2. The van der Waals surface area contributed by atoms with Crippen LogP contribution in [-0.2, 0) is 4.79 Å². The molecule has 4 heteroatoms. The maximum atomic E-state index is 10.9. The first-order chi connectivity index (χ1) is 6.79. The van der Waals surface area contributed by atoms with E-state index in [0.717, 1.165) is 5.69 Å². The average Bonchev–Trinajstić information content (AvgIpc) is 2.67. The highest BCUT2D eigenvalue weighted by Crippen LogP contribution is 2.29. The van der Waals surface area contributed by atoms with Gasteiger partial charge in [0.2, 0.25) is 0 Å². The van der Waals surface area contributed by atoms with Gasteiger partial charge in [-0.15, -0.1) is 11.8 Å². The van der Waals surface area contributed by atoms with Gasteiger partial charge in [0.05, 0.1) is 5.88 Å². The third kappa shape index (κ3) is 1.61. The van der Waals surface area contributed by atoms with Crippen LogP contribution in [0.25, 0.3) is 0 Å². The Hall–Kier alpha value is -1.42. The molecule has 0 spiro atoms. The number of hydrogen-bond acceptors (Lipinski definition) is 3. The Morgan fingerprint density at radius 2 is 2.07 bits per heavy atom. The lowest BCUT2D eigenvalue weighted by Crippen LogP contribution is -2.22. The summed E-state index contributed by atoms with van der Waals surface area (Å²) < 4.78 is 0. The second kappa shape index (κ2) is 3.75. The Labute approximate surface area is 86.0 Å². The summed E-state index contributed by atoms with van der Waals surface area (Å²) in [5.74, 6) is -0.204. The number of para-hydroxylation sites is 1. The number of rotatable bonds is 2. The fraction of sp³-hybridized carbons (Fsp3) is 0.100. The fourth-order valence-electron chi connectivity index (χ4n) is 1.31. The molecular formula is C10H9NO2S. The molecule has 0 saturated heterocycles. The quantitative estimate of drug-likeness (QED) is 0.806. The predicted molar refractivity (Wildman–Crippen MR) is 57.1 cm³/mol. The zero-order chi connectivity index (χ0) is 9.97. The molecule has 72 valence electrons. The van der Waals surface area contributed by atoms with Crippen molar-refractivity contribution in [2.45, 2.75) is 0 Å². The Balaban J connectivity index is 2.29. The molecule has 1 aliphatic heterocycles. The van der Waals surface area contributed by atoms with E-state index in [0.29, 0.717) is 11.6 Å². The van der Waals surface area contributed by atoms with Crippen LogP contribution in [0.1, 0.15) is 0 Å². The van der Waals surface area contributed by atoms with Crippen LogP contribution in [-0.4, -0.2) is 17.0 Å². The summed E-state index contributed by atoms with van der Waals surface area (Å²) in [6, 6.07) is 9.53. The third-order valence-electron chi connectivity index (χ3n) is 1.98. The summed E-state index contributed by atoms with van der Waals surface area (Å²) in [6.07, 6.45) is 0. The molecule has 1 N–H and O–H groups in total. The van der Waals surface area contributed by atoms with Crippen LogP contribution in [0.5, 0.6) is 0 Å². The zero-order valence-electron chi connectivity index (χ0n) is 7.38. The molecule has 0 atom stereocenters. The largest absolute Gasteiger partial charge is 0.477 e. The van der Waals surface area contributed by atoms with Crippen LogP contribution in [0.15, 0.2) is 41.4 Å². The van der Waals surface area contributed by atoms with Crippen molar-refractivity contribution < 1.29 is 9.90 Å². The zero-order valence-corrected chi connectivity index (χ0v) is 8.20. The Kier molecular flexibility index (Phi) is 2.45. The standard InChI is InChI=1S/C10H9NO2S/c12-10(13)9-6-14-7-11(9)8-4-2-1-3-5-8/h1-6H,7H2,(H,12,13). The minimum Gasteiger partial charge on any atom is -0.477 e. The highest BCUT2D eigenvalue weighted by molar-refractivity contribution is 8.02. The first-order valence-electron chi connectivity index (χ1n) is 4.16. The molecule has 0 aromatic heterocycles. The van der Waals surface area contributed by atoms with E-state index >= 15 is 0 Å². The lowest BCUT2D eigenvalue weighted by atomic mass is 10.3. The van der Waals surface area contributed by atoms with Gasteiger partial charge in [0.15, 0.2) is 0 Å². The highest BCUT2D eigenvalue weighted by Gasteiger charge is 2.22. The van der Waals surface area contributed by atoms with E-state index in [-0.39, 0.29) is 0 Å². The number of carboxylic acid groups (broad SMARTS) is 1. The van der Waals surface area contributed by atoms with Crippen molar-refractivity contribution in [1.29, 1.82) is 0 Å². The van der Waals surface area contributed by atoms with E-state index in [1.807, 2.05) is 30.3 Å². The van der Waals surface area contributed by atoms with Gasteiger partial charge >= 0.3 is 5.97 Å². The van der Waals surface area contributed by atoms with Crippen molar-refractivity contribution in [2.75, 3.05) is 10.8 Å². The predicted octanol–water partition coefficient (Wildman–Crippen LogP) is 2.12. The molecule has 0 fully saturated rings. The number of carboxylic acids is 1. The number of thioether (sulfide) groups is 1. The molecular weight excluding hydrogens is 198 g/mol. The number of hydrogen-bond donors (Lipinski definition) is 1. The molecule has 3 nitrogen and oxygen atoms in total. The van der Waals surface area contributed by atoms with E-state index in [1.54, 1.807) is 10.3 Å². The van der Waals surface area contributed by atoms with Crippen LogP contribution >= 0.6 is 11.8 Å². The molecule has 1 aromatic rings. The number of aliphatic carboxylic acids is 1. The second-order valence-electron chi connectivity index (χ2n) is 2.87. The van der Waals surface area contributed by atoms with Crippen molar-refractivity contribution >= 4 is 23.4 Å². The Morgan fingerprint density at radius 1 is 1.36 bits per heavy atom. The molecule has 0 radical (unpaired) electrons. The van der Waals surface area contributed by atoms with E-state index in [2.05, 4.69) is 0 Å². The number of carbonyl (C=O) groups is 1. The first kappa shape index (κ1) is 9.15.